The van der Waals surface area contributed by atoms with Crippen molar-refractivity contribution >= 4 is 23.9 Å². The summed E-state index contributed by atoms with van der Waals surface area (Å²) in [6.07, 6.45) is 0.691. The average Bonchev–Trinajstić information content (AvgIpc) is 2.42. The molecule has 0 heterocycles. The van der Waals surface area contributed by atoms with E-state index in [4.69, 9.17) is 5.73 Å². The van der Waals surface area contributed by atoms with Crippen LogP contribution in [0.1, 0.15) is 6.42 Å². The molecule has 0 saturated heterocycles. The molecule has 0 unspecified atom stereocenters. The summed E-state index contributed by atoms with van der Waals surface area (Å²) in [5.74, 6) is -2.40. The summed E-state index contributed by atoms with van der Waals surface area (Å²) in [4.78, 5) is 34.6. The van der Waals surface area contributed by atoms with E-state index < -0.39 is 17.6 Å². The Morgan fingerprint density at radius 2 is 1.95 bits per heavy atom. The lowest BCUT2D eigenvalue weighted by atomic mass is 10.3. The second-order valence-electron chi connectivity index (χ2n) is 3.71. The Kier molecular flexibility index (Phi) is 5.62. The Balaban J connectivity index is 2.63. The third-order valence-corrected chi connectivity index (χ3v) is 2.29. The molecule has 1 aromatic carbocycles. The van der Waals surface area contributed by atoms with Crippen molar-refractivity contribution in [1.29, 1.82) is 0 Å². The Morgan fingerprint density at radius 1 is 1.32 bits per heavy atom. The molecule has 0 aromatic heterocycles. The molecule has 3 amide bonds. The fourth-order valence-corrected chi connectivity index (χ4v) is 1.31. The zero-order chi connectivity index (χ0) is 14.3. The number of rotatable bonds is 5. The Bertz CT molecular complexity index is 462. The van der Waals surface area contributed by atoms with E-state index in [-0.39, 0.29) is 18.6 Å². The predicted molar refractivity (Wildman–Crippen MR) is 66.5 cm³/mol. The number of benzene rings is 1. The minimum absolute atomic E-state index is 0.0790. The van der Waals surface area contributed by atoms with E-state index in [9.17, 15) is 18.8 Å². The molecule has 6 nitrogen and oxygen atoms in total. The van der Waals surface area contributed by atoms with Gasteiger partial charge in [-0.25, -0.2) is 4.39 Å². The largest absolute Gasteiger partial charge is 0.330 e. The van der Waals surface area contributed by atoms with Gasteiger partial charge < -0.3 is 11.1 Å². The normalized spacial score (nSPS) is 9.79. The number of nitrogens with two attached hydrogens (primary N) is 1. The third-order valence-electron chi connectivity index (χ3n) is 2.29. The van der Waals surface area contributed by atoms with Gasteiger partial charge in [-0.2, -0.15) is 0 Å². The summed E-state index contributed by atoms with van der Waals surface area (Å²) in [7, 11) is 0. The molecule has 1 aromatic rings. The van der Waals surface area contributed by atoms with Crippen LogP contribution in [0.5, 0.6) is 0 Å². The summed E-state index contributed by atoms with van der Waals surface area (Å²) < 4.78 is 12.7. The first-order valence-corrected chi connectivity index (χ1v) is 5.61. The maximum Gasteiger partial charge on any atom is 0.318 e. The highest BCUT2D eigenvalue weighted by atomic mass is 19.1. The molecular weight excluding hydrogens is 253 g/mol. The van der Waals surface area contributed by atoms with E-state index >= 15 is 0 Å². The van der Waals surface area contributed by atoms with Crippen molar-refractivity contribution < 1.29 is 18.8 Å². The zero-order valence-corrected chi connectivity index (χ0v) is 10.1. The van der Waals surface area contributed by atoms with Gasteiger partial charge in [0.25, 0.3) is 0 Å². The highest BCUT2D eigenvalue weighted by Gasteiger charge is 2.20. The van der Waals surface area contributed by atoms with Crippen molar-refractivity contribution in [3.8, 4) is 0 Å². The van der Waals surface area contributed by atoms with Crippen molar-refractivity contribution in [2.24, 2.45) is 5.73 Å². The maximum atomic E-state index is 12.7. The first-order chi connectivity index (χ1) is 9.08. The number of halogens is 1. The van der Waals surface area contributed by atoms with Gasteiger partial charge in [-0.3, -0.25) is 19.3 Å². The number of nitrogens with one attached hydrogen (secondary N) is 1. The van der Waals surface area contributed by atoms with Gasteiger partial charge >= 0.3 is 11.8 Å². The lowest BCUT2D eigenvalue weighted by Crippen LogP contribution is -2.39. The van der Waals surface area contributed by atoms with E-state index in [0.717, 1.165) is 17.0 Å². The molecule has 0 saturated carbocycles. The lowest BCUT2D eigenvalue weighted by Gasteiger charge is -2.14. The highest BCUT2D eigenvalue weighted by Crippen LogP contribution is 2.08. The molecule has 0 aliphatic heterocycles. The Labute approximate surface area is 109 Å². The number of hydrogen-bond donors (Lipinski definition) is 2. The Morgan fingerprint density at radius 3 is 2.47 bits per heavy atom. The third kappa shape index (κ3) is 4.47. The van der Waals surface area contributed by atoms with Crippen LogP contribution in [0.15, 0.2) is 24.3 Å². The number of nitrogens with zero attached hydrogens (tertiary/aromatic N) is 1. The molecule has 19 heavy (non-hydrogen) atoms. The predicted octanol–water partition coefficient (Wildman–Crippen LogP) is 0.0980. The smallest absolute Gasteiger partial charge is 0.318 e. The lowest BCUT2D eigenvalue weighted by molar-refractivity contribution is -0.146. The van der Waals surface area contributed by atoms with E-state index in [2.05, 4.69) is 5.32 Å². The van der Waals surface area contributed by atoms with Crippen molar-refractivity contribution in [2.45, 2.75) is 6.42 Å². The van der Waals surface area contributed by atoms with Crippen molar-refractivity contribution in [3.05, 3.63) is 30.1 Å². The summed E-state index contributed by atoms with van der Waals surface area (Å²) >= 11 is 0. The van der Waals surface area contributed by atoms with Crippen LogP contribution in [0.3, 0.4) is 0 Å². The number of anilines is 1. The molecule has 0 aliphatic carbocycles. The van der Waals surface area contributed by atoms with Gasteiger partial charge in [-0.15, -0.1) is 0 Å². The van der Waals surface area contributed by atoms with Gasteiger partial charge in [0.05, 0.1) is 0 Å². The van der Waals surface area contributed by atoms with Crippen LogP contribution in [0.2, 0.25) is 0 Å². The summed E-state index contributed by atoms with van der Waals surface area (Å²) in [5.41, 5.74) is 5.52. The molecule has 102 valence electrons. The summed E-state index contributed by atoms with van der Waals surface area (Å²) in [6.45, 7) is 0.382. The maximum absolute atomic E-state index is 12.7. The number of carbonyl (C=O) groups excluding carboxylic acids is 3. The van der Waals surface area contributed by atoms with Gasteiger partial charge in [0.2, 0.25) is 6.41 Å². The fourth-order valence-electron chi connectivity index (χ4n) is 1.31. The van der Waals surface area contributed by atoms with E-state index in [1.807, 2.05) is 0 Å². The molecule has 0 radical (unpaired) electrons. The summed E-state index contributed by atoms with van der Waals surface area (Å²) in [5, 5.41) is 2.27. The molecule has 7 heteroatoms. The SMILES string of the molecule is NCCCN(C=O)C(=O)C(=O)Nc1ccc(F)cc1. The minimum Gasteiger partial charge on any atom is -0.330 e. The van der Waals surface area contributed by atoms with Crippen LogP contribution in [-0.4, -0.2) is 36.2 Å². The molecule has 3 N–H and O–H groups in total. The van der Waals surface area contributed by atoms with Crippen molar-refractivity contribution in [2.75, 3.05) is 18.4 Å². The molecule has 0 spiro atoms. The van der Waals surface area contributed by atoms with Crippen LogP contribution in [0.25, 0.3) is 0 Å². The van der Waals surface area contributed by atoms with E-state index in [0.29, 0.717) is 13.0 Å². The number of amides is 3. The fraction of sp³-hybridized carbons (Fsp3) is 0.250. The number of hydrogen-bond acceptors (Lipinski definition) is 4. The van der Waals surface area contributed by atoms with E-state index in [1.54, 1.807) is 0 Å². The van der Waals surface area contributed by atoms with Crippen LogP contribution in [0.4, 0.5) is 10.1 Å². The molecule has 0 aliphatic rings. The highest BCUT2D eigenvalue weighted by molar-refractivity contribution is 6.41. The van der Waals surface area contributed by atoms with Gasteiger partial charge in [0.15, 0.2) is 0 Å². The molecule has 1 rings (SSSR count). The molecule has 0 atom stereocenters. The van der Waals surface area contributed by atoms with Crippen LogP contribution in [-0.2, 0) is 14.4 Å². The van der Waals surface area contributed by atoms with E-state index in [1.165, 1.54) is 12.1 Å². The van der Waals surface area contributed by atoms with Crippen LogP contribution < -0.4 is 11.1 Å². The standard InChI is InChI=1S/C12H14FN3O3/c13-9-2-4-10(5-3-9)15-11(18)12(19)16(8-17)7-1-6-14/h2-5,8H,1,6-7,14H2,(H,15,18). The molecule has 0 bridgehead atoms. The number of imide groups is 1. The van der Waals surface area contributed by atoms with Gasteiger partial charge in [0.1, 0.15) is 5.82 Å². The first kappa shape index (κ1) is 14.8. The Hall–Kier alpha value is -2.28. The average molecular weight is 267 g/mol. The van der Waals surface area contributed by atoms with Crippen LogP contribution in [0, 0.1) is 5.82 Å². The monoisotopic (exact) mass is 267 g/mol. The van der Waals surface area contributed by atoms with Crippen molar-refractivity contribution in [3.63, 3.8) is 0 Å². The zero-order valence-electron chi connectivity index (χ0n) is 10.1. The van der Waals surface area contributed by atoms with Gasteiger partial charge in [0, 0.05) is 12.2 Å². The van der Waals surface area contributed by atoms with Gasteiger partial charge in [-0.05, 0) is 37.2 Å². The number of carbonyl (C=O) groups is 3. The summed E-state index contributed by atoms with van der Waals surface area (Å²) in [6, 6.07) is 4.91. The first-order valence-electron chi connectivity index (χ1n) is 5.61. The molecule has 0 fully saturated rings. The quantitative estimate of drug-likeness (QED) is 0.584. The van der Waals surface area contributed by atoms with Crippen LogP contribution >= 0.6 is 0 Å². The molecular formula is C12H14FN3O3. The second-order valence-corrected chi connectivity index (χ2v) is 3.71. The topological polar surface area (TPSA) is 92.5 Å². The minimum atomic E-state index is -0.979. The second kappa shape index (κ2) is 7.22. The van der Waals surface area contributed by atoms with Crippen molar-refractivity contribution in [1.82, 2.24) is 4.90 Å². The van der Waals surface area contributed by atoms with Gasteiger partial charge in [-0.1, -0.05) is 0 Å².